The average Bonchev–Trinajstić information content (AvgIpc) is 2.50. The molecular formula is C16H26N2O2. The van der Waals surface area contributed by atoms with Crippen molar-refractivity contribution in [1.82, 2.24) is 10.2 Å². The van der Waals surface area contributed by atoms with Crippen LogP contribution in [0.3, 0.4) is 0 Å². The molecule has 1 saturated heterocycles. The predicted octanol–water partition coefficient (Wildman–Crippen LogP) is 2.28. The van der Waals surface area contributed by atoms with E-state index >= 15 is 0 Å². The van der Waals surface area contributed by atoms with Crippen molar-refractivity contribution >= 4 is 0 Å². The summed E-state index contributed by atoms with van der Waals surface area (Å²) in [7, 11) is 5.43. The summed E-state index contributed by atoms with van der Waals surface area (Å²) in [5.41, 5.74) is 1.23. The second kappa shape index (κ2) is 7.50. The Labute approximate surface area is 122 Å². The van der Waals surface area contributed by atoms with Crippen LogP contribution in [0.25, 0.3) is 0 Å². The van der Waals surface area contributed by atoms with E-state index in [1.54, 1.807) is 14.2 Å². The van der Waals surface area contributed by atoms with Gasteiger partial charge in [0.15, 0.2) is 0 Å². The Bertz CT molecular complexity index is 421. The number of methoxy groups -OCH3 is 2. The van der Waals surface area contributed by atoms with Gasteiger partial charge in [-0.1, -0.05) is 12.5 Å². The van der Waals surface area contributed by atoms with E-state index in [0.29, 0.717) is 6.04 Å². The van der Waals surface area contributed by atoms with Crippen molar-refractivity contribution in [3.63, 3.8) is 0 Å². The van der Waals surface area contributed by atoms with E-state index in [4.69, 9.17) is 9.47 Å². The average molecular weight is 278 g/mol. The summed E-state index contributed by atoms with van der Waals surface area (Å²) < 4.78 is 10.8. The van der Waals surface area contributed by atoms with Gasteiger partial charge >= 0.3 is 0 Å². The van der Waals surface area contributed by atoms with Gasteiger partial charge in [0.25, 0.3) is 0 Å². The Morgan fingerprint density at radius 1 is 1.25 bits per heavy atom. The van der Waals surface area contributed by atoms with Crippen LogP contribution < -0.4 is 14.8 Å². The topological polar surface area (TPSA) is 33.7 Å². The van der Waals surface area contributed by atoms with Gasteiger partial charge in [0.05, 0.1) is 14.2 Å². The first-order chi connectivity index (χ1) is 9.78. The minimum absolute atomic E-state index is 0.626. The third-order valence-electron chi connectivity index (χ3n) is 4.06. The van der Waals surface area contributed by atoms with Gasteiger partial charge in [0.2, 0.25) is 0 Å². The standard InChI is InChI=1S/C16H26N2O2/c1-17-11-14-6-4-5-9-18(14)12-13-7-8-15(19-2)10-16(13)20-3/h7-8,10,14,17H,4-6,9,11-12H2,1-3H3. The molecular weight excluding hydrogens is 252 g/mol. The van der Waals surface area contributed by atoms with Crippen molar-refractivity contribution < 1.29 is 9.47 Å². The number of likely N-dealkylation sites (N-methyl/N-ethyl adjacent to an activating group) is 1. The van der Waals surface area contributed by atoms with Crippen LogP contribution in [0.5, 0.6) is 11.5 Å². The molecule has 1 N–H and O–H groups in total. The molecule has 1 aromatic rings. The molecule has 0 saturated carbocycles. The Kier molecular flexibility index (Phi) is 5.68. The Hall–Kier alpha value is -1.26. The number of nitrogens with zero attached hydrogens (tertiary/aromatic N) is 1. The number of nitrogens with one attached hydrogen (secondary N) is 1. The van der Waals surface area contributed by atoms with Gasteiger partial charge < -0.3 is 14.8 Å². The van der Waals surface area contributed by atoms with Gasteiger partial charge in [-0.3, -0.25) is 4.90 Å². The van der Waals surface area contributed by atoms with Crippen LogP contribution in [0.15, 0.2) is 18.2 Å². The van der Waals surface area contributed by atoms with E-state index in [1.807, 2.05) is 19.2 Å². The molecule has 0 radical (unpaired) electrons. The first-order valence-corrected chi connectivity index (χ1v) is 7.38. The number of hydrogen-bond acceptors (Lipinski definition) is 4. The second-order valence-corrected chi connectivity index (χ2v) is 5.36. The van der Waals surface area contributed by atoms with Crippen LogP contribution in [0.1, 0.15) is 24.8 Å². The predicted molar refractivity (Wildman–Crippen MR) is 81.5 cm³/mol. The maximum atomic E-state index is 5.50. The number of hydrogen-bond donors (Lipinski definition) is 1. The van der Waals surface area contributed by atoms with Crippen LogP contribution in [0.4, 0.5) is 0 Å². The number of benzene rings is 1. The molecule has 1 aliphatic rings. The summed E-state index contributed by atoms with van der Waals surface area (Å²) in [6, 6.07) is 6.71. The third kappa shape index (κ3) is 3.64. The van der Waals surface area contributed by atoms with Crippen molar-refractivity contribution in [2.24, 2.45) is 0 Å². The molecule has 0 bridgehead atoms. The minimum atomic E-state index is 0.626. The molecule has 4 heteroatoms. The second-order valence-electron chi connectivity index (χ2n) is 5.36. The summed E-state index contributed by atoms with van der Waals surface area (Å²) >= 11 is 0. The van der Waals surface area contributed by atoms with E-state index in [2.05, 4.69) is 16.3 Å². The molecule has 1 unspecified atom stereocenters. The quantitative estimate of drug-likeness (QED) is 0.865. The Balaban J connectivity index is 2.11. The molecule has 2 rings (SSSR count). The fraction of sp³-hybridized carbons (Fsp3) is 0.625. The lowest BCUT2D eigenvalue weighted by Gasteiger charge is -2.36. The highest BCUT2D eigenvalue weighted by Crippen LogP contribution is 2.28. The highest BCUT2D eigenvalue weighted by molar-refractivity contribution is 5.40. The molecule has 1 aromatic carbocycles. The lowest BCUT2D eigenvalue weighted by molar-refractivity contribution is 0.138. The molecule has 0 amide bonds. The molecule has 1 heterocycles. The molecule has 20 heavy (non-hydrogen) atoms. The number of rotatable bonds is 6. The number of likely N-dealkylation sites (tertiary alicyclic amines) is 1. The maximum Gasteiger partial charge on any atom is 0.127 e. The van der Waals surface area contributed by atoms with E-state index in [-0.39, 0.29) is 0 Å². The molecule has 1 atom stereocenters. The van der Waals surface area contributed by atoms with Crippen molar-refractivity contribution in [2.75, 3.05) is 34.4 Å². The van der Waals surface area contributed by atoms with Gasteiger partial charge in [-0.2, -0.15) is 0 Å². The number of piperidine rings is 1. The molecule has 0 aliphatic carbocycles. The van der Waals surface area contributed by atoms with Crippen molar-refractivity contribution in [2.45, 2.75) is 31.8 Å². The van der Waals surface area contributed by atoms with Gasteiger partial charge in [0, 0.05) is 30.8 Å². The van der Waals surface area contributed by atoms with Crippen molar-refractivity contribution in [1.29, 1.82) is 0 Å². The zero-order valence-corrected chi connectivity index (χ0v) is 12.8. The monoisotopic (exact) mass is 278 g/mol. The van der Waals surface area contributed by atoms with Gasteiger partial charge in [-0.05, 0) is 32.5 Å². The maximum absolute atomic E-state index is 5.50. The van der Waals surface area contributed by atoms with E-state index < -0.39 is 0 Å². The zero-order valence-electron chi connectivity index (χ0n) is 12.8. The molecule has 4 nitrogen and oxygen atoms in total. The summed E-state index contributed by atoms with van der Waals surface area (Å²) in [5.74, 6) is 1.76. The van der Waals surface area contributed by atoms with E-state index in [1.165, 1.54) is 31.4 Å². The van der Waals surface area contributed by atoms with Crippen molar-refractivity contribution in [3.05, 3.63) is 23.8 Å². The van der Waals surface area contributed by atoms with Crippen LogP contribution in [-0.4, -0.2) is 45.3 Å². The molecule has 0 spiro atoms. The molecule has 1 aliphatic heterocycles. The Morgan fingerprint density at radius 3 is 2.80 bits per heavy atom. The summed E-state index contributed by atoms with van der Waals surface area (Å²) in [4.78, 5) is 2.56. The third-order valence-corrected chi connectivity index (χ3v) is 4.06. The van der Waals surface area contributed by atoms with Gasteiger partial charge in [0.1, 0.15) is 11.5 Å². The lowest BCUT2D eigenvalue weighted by atomic mass is 10.0. The summed E-state index contributed by atoms with van der Waals surface area (Å²) in [6.07, 6.45) is 3.90. The summed E-state index contributed by atoms with van der Waals surface area (Å²) in [5, 5.41) is 3.31. The number of ether oxygens (including phenoxy) is 2. The largest absolute Gasteiger partial charge is 0.497 e. The zero-order chi connectivity index (χ0) is 14.4. The van der Waals surface area contributed by atoms with Crippen molar-refractivity contribution in [3.8, 4) is 11.5 Å². The van der Waals surface area contributed by atoms with E-state index in [9.17, 15) is 0 Å². The van der Waals surface area contributed by atoms with Gasteiger partial charge in [-0.15, -0.1) is 0 Å². The first-order valence-electron chi connectivity index (χ1n) is 7.38. The SMILES string of the molecule is CNCC1CCCCN1Cc1ccc(OC)cc1OC. The van der Waals surface area contributed by atoms with Crippen LogP contribution in [-0.2, 0) is 6.54 Å². The molecule has 0 aromatic heterocycles. The van der Waals surface area contributed by atoms with Crippen LogP contribution >= 0.6 is 0 Å². The smallest absolute Gasteiger partial charge is 0.127 e. The fourth-order valence-electron chi connectivity index (χ4n) is 2.94. The van der Waals surface area contributed by atoms with Gasteiger partial charge in [-0.25, -0.2) is 0 Å². The van der Waals surface area contributed by atoms with E-state index in [0.717, 1.165) is 24.6 Å². The molecule has 112 valence electrons. The summed E-state index contributed by atoms with van der Waals surface area (Å²) in [6.45, 7) is 3.17. The molecule has 1 fully saturated rings. The van der Waals surface area contributed by atoms with Crippen LogP contribution in [0.2, 0.25) is 0 Å². The fourth-order valence-corrected chi connectivity index (χ4v) is 2.94. The highest BCUT2D eigenvalue weighted by atomic mass is 16.5. The first kappa shape index (κ1) is 15.1. The normalized spacial score (nSPS) is 19.9. The highest BCUT2D eigenvalue weighted by Gasteiger charge is 2.22. The van der Waals surface area contributed by atoms with Crippen LogP contribution in [0, 0.1) is 0 Å². The minimum Gasteiger partial charge on any atom is -0.497 e. The lowest BCUT2D eigenvalue weighted by Crippen LogP contribution is -2.44. The Morgan fingerprint density at radius 2 is 2.10 bits per heavy atom.